The average molecular weight is 464 g/mol. The van der Waals surface area contributed by atoms with E-state index in [9.17, 15) is 0 Å². The second-order valence-electron chi connectivity index (χ2n) is 5.88. The zero-order chi connectivity index (χ0) is 14.4. The van der Waals surface area contributed by atoms with E-state index < -0.39 is 0 Å². The van der Waals surface area contributed by atoms with Gasteiger partial charge in [-0.25, -0.2) is 0 Å². The molecule has 3 heteroatoms. The van der Waals surface area contributed by atoms with E-state index in [0.29, 0.717) is 0 Å². The second kappa shape index (κ2) is 5.42. The molecule has 0 saturated carbocycles. The monoisotopic (exact) mass is 464 g/mol. The minimum absolute atomic E-state index is 0. The van der Waals surface area contributed by atoms with Gasteiger partial charge >= 0.3 is 0 Å². The molecule has 0 unspecified atom stereocenters. The van der Waals surface area contributed by atoms with Crippen LogP contribution in [-0.4, -0.2) is 9.97 Å². The van der Waals surface area contributed by atoms with Gasteiger partial charge in [0.15, 0.2) is 0 Å². The molecule has 0 aliphatic heterocycles. The number of aromatic nitrogens is 2. The van der Waals surface area contributed by atoms with Crippen LogP contribution >= 0.6 is 0 Å². The summed E-state index contributed by atoms with van der Waals surface area (Å²) in [6.45, 7) is 4.50. The van der Waals surface area contributed by atoms with Gasteiger partial charge in [-0.2, -0.15) is 0 Å². The first-order valence-electron chi connectivity index (χ1n) is 7.12. The number of rotatable bonds is 1. The Hall–Kier alpha value is -1.83. The van der Waals surface area contributed by atoms with E-state index in [1.807, 2.05) is 42.7 Å². The van der Waals surface area contributed by atoms with Gasteiger partial charge in [-0.15, -0.1) is 29.3 Å². The molecule has 0 N–H and O–H groups in total. The molecule has 1 aliphatic rings. The van der Waals surface area contributed by atoms with Crippen molar-refractivity contribution in [1.29, 1.82) is 0 Å². The van der Waals surface area contributed by atoms with Crippen molar-refractivity contribution in [3.8, 4) is 22.5 Å². The molecule has 0 saturated heterocycles. The summed E-state index contributed by atoms with van der Waals surface area (Å²) in [4.78, 5) is 9.10. The third kappa shape index (κ3) is 2.05. The fourth-order valence-corrected chi connectivity index (χ4v) is 3.32. The average Bonchev–Trinajstić information content (AvgIpc) is 2.77. The Labute approximate surface area is 144 Å². The number of fused-ring (bicyclic) bond motifs is 3. The number of hydrogen-bond donors (Lipinski definition) is 0. The number of pyridine rings is 2. The Balaban J connectivity index is 0.00000144. The van der Waals surface area contributed by atoms with Crippen molar-refractivity contribution in [1.82, 2.24) is 9.97 Å². The summed E-state index contributed by atoms with van der Waals surface area (Å²) < 4.78 is 0. The van der Waals surface area contributed by atoms with Crippen molar-refractivity contribution >= 4 is 0 Å². The number of nitrogens with zero attached hydrogens (tertiary/aromatic N) is 2. The van der Waals surface area contributed by atoms with Crippen molar-refractivity contribution in [3.63, 3.8) is 0 Å². The molecule has 0 spiro atoms. The van der Waals surface area contributed by atoms with Crippen LogP contribution in [0.25, 0.3) is 22.5 Å². The number of hydrogen-bond acceptors (Lipinski definition) is 2. The van der Waals surface area contributed by atoms with E-state index in [1.54, 1.807) is 0 Å². The predicted octanol–water partition coefficient (Wildman–Crippen LogP) is 4.25. The van der Waals surface area contributed by atoms with E-state index in [0.717, 1.165) is 17.0 Å². The minimum atomic E-state index is -0.0798. The van der Waals surface area contributed by atoms with E-state index in [-0.39, 0.29) is 25.5 Å². The zero-order valence-electron chi connectivity index (χ0n) is 12.4. The van der Waals surface area contributed by atoms with Crippen molar-refractivity contribution in [2.24, 2.45) is 0 Å². The molecule has 0 bridgehead atoms. The maximum Gasteiger partial charge on any atom is 0.0554 e. The summed E-state index contributed by atoms with van der Waals surface area (Å²) in [6.07, 6.45) is 3.69. The maximum absolute atomic E-state index is 4.60. The molecule has 1 aliphatic carbocycles. The molecule has 4 rings (SSSR count). The van der Waals surface area contributed by atoms with Crippen molar-refractivity contribution in [2.75, 3.05) is 0 Å². The topological polar surface area (TPSA) is 25.8 Å². The SMILES string of the molecule is CC1(C)c2cccnc2-c2cc[c-]c(-c3ccccn3)c21.[Ir]. The largest absolute Gasteiger partial charge is 0.305 e. The first kappa shape index (κ1) is 15.1. The standard InChI is InChI=1S/C19H15N2.Ir/c1-19(2)15-9-6-12-21-18(15)14-8-5-7-13(17(14)19)16-10-3-4-11-20-16;/h3-6,8-12H,1-2H3;/q-1;. The van der Waals surface area contributed by atoms with Crippen molar-refractivity contribution < 1.29 is 20.1 Å². The first-order chi connectivity index (χ1) is 10.2. The van der Waals surface area contributed by atoms with Crippen LogP contribution in [0.3, 0.4) is 0 Å². The predicted molar refractivity (Wildman–Crippen MR) is 83.9 cm³/mol. The van der Waals surface area contributed by atoms with Crippen LogP contribution in [-0.2, 0) is 25.5 Å². The van der Waals surface area contributed by atoms with Crippen LogP contribution in [0.2, 0.25) is 0 Å². The van der Waals surface area contributed by atoms with Crippen molar-refractivity contribution in [3.05, 3.63) is 72.1 Å². The van der Waals surface area contributed by atoms with Crippen molar-refractivity contribution in [2.45, 2.75) is 19.3 Å². The van der Waals surface area contributed by atoms with Gasteiger partial charge in [-0.1, -0.05) is 37.6 Å². The summed E-state index contributed by atoms with van der Waals surface area (Å²) in [5.74, 6) is 0. The van der Waals surface area contributed by atoms with Gasteiger partial charge in [0.1, 0.15) is 0 Å². The fraction of sp³-hybridized carbons (Fsp3) is 0.158. The quantitative estimate of drug-likeness (QED) is 0.505. The summed E-state index contributed by atoms with van der Waals surface area (Å²) in [6, 6.07) is 17.7. The molecule has 0 amide bonds. The normalized spacial score (nSPS) is 13.9. The van der Waals surface area contributed by atoms with E-state index in [1.165, 1.54) is 16.7 Å². The van der Waals surface area contributed by atoms with Gasteiger partial charge < -0.3 is 4.98 Å². The molecule has 111 valence electrons. The first-order valence-corrected chi connectivity index (χ1v) is 7.12. The van der Waals surface area contributed by atoms with Gasteiger partial charge in [0.2, 0.25) is 0 Å². The van der Waals surface area contributed by atoms with Gasteiger partial charge in [0, 0.05) is 32.5 Å². The summed E-state index contributed by atoms with van der Waals surface area (Å²) in [5, 5.41) is 0. The number of benzene rings is 1. The van der Waals surface area contributed by atoms with E-state index in [2.05, 4.69) is 42.0 Å². The summed E-state index contributed by atoms with van der Waals surface area (Å²) >= 11 is 0. The third-order valence-corrected chi connectivity index (χ3v) is 4.28. The minimum Gasteiger partial charge on any atom is -0.305 e. The molecule has 2 nitrogen and oxygen atoms in total. The fourth-order valence-electron chi connectivity index (χ4n) is 3.32. The molecule has 2 aromatic heterocycles. The summed E-state index contributed by atoms with van der Waals surface area (Å²) in [5.41, 5.74) is 6.81. The van der Waals surface area contributed by atoms with Crippen LogP contribution in [0.5, 0.6) is 0 Å². The van der Waals surface area contributed by atoms with Crippen LogP contribution in [0.15, 0.2) is 54.9 Å². The molecule has 0 atom stereocenters. The molecule has 1 aromatic carbocycles. The van der Waals surface area contributed by atoms with Crippen LogP contribution in [0.1, 0.15) is 25.0 Å². The Morgan fingerprint density at radius 3 is 2.55 bits per heavy atom. The van der Waals surface area contributed by atoms with Gasteiger partial charge in [-0.05, 0) is 28.8 Å². The molecule has 1 radical (unpaired) electrons. The Morgan fingerprint density at radius 2 is 1.77 bits per heavy atom. The maximum atomic E-state index is 4.60. The Bertz CT molecular complexity index is 826. The zero-order valence-corrected chi connectivity index (χ0v) is 14.8. The molecule has 2 heterocycles. The third-order valence-electron chi connectivity index (χ3n) is 4.28. The summed E-state index contributed by atoms with van der Waals surface area (Å²) in [7, 11) is 0. The van der Waals surface area contributed by atoms with Gasteiger partial charge in [0.25, 0.3) is 0 Å². The molecular formula is C19H15IrN2-. The van der Waals surface area contributed by atoms with Gasteiger partial charge in [0.05, 0.1) is 5.69 Å². The Kier molecular flexibility index (Phi) is 3.72. The van der Waals surface area contributed by atoms with E-state index in [4.69, 9.17) is 0 Å². The van der Waals surface area contributed by atoms with Crippen LogP contribution in [0.4, 0.5) is 0 Å². The van der Waals surface area contributed by atoms with Crippen LogP contribution in [0, 0.1) is 6.07 Å². The second-order valence-corrected chi connectivity index (χ2v) is 5.88. The Morgan fingerprint density at radius 1 is 0.955 bits per heavy atom. The van der Waals surface area contributed by atoms with E-state index >= 15 is 0 Å². The van der Waals surface area contributed by atoms with Crippen LogP contribution < -0.4 is 0 Å². The van der Waals surface area contributed by atoms with Gasteiger partial charge in [-0.3, -0.25) is 4.98 Å². The molecule has 0 fully saturated rings. The molecule has 22 heavy (non-hydrogen) atoms. The molecular weight excluding hydrogens is 448 g/mol. The smallest absolute Gasteiger partial charge is 0.0554 e. The molecule has 3 aromatic rings.